The molecule has 0 bridgehead atoms. The maximum Gasteiger partial charge on any atom is 0.119 e. The number of aliphatic hydroxyl groups excluding tert-OH is 1. The number of rotatable bonds is 5. The molecule has 0 saturated heterocycles. The van der Waals surface area contributed by atoms with E-state index in [0.717, 1.165) is 19.4 Å². The van der Waals surface area contributed by atoms with E-state index in [2.05, 4.69) is 10.2 Å². The van der Waals surface area contributed by atoms with Crippen molar-refractivity contribution in [1.82, 2.24) is 14.8 Å². The minimum atomic E-state index is 0.280. The van der Waals surface area contributed by atoms with Crippen molar-refractivity contribution >= 4 is 0 Å². The Morgan fingerprint density at radius 2 is 2.08 bits per heavy atom. The average Bonchev–Trinajstić information content (AvgIpc) is 2.57. The first-order chi connectivity index (χ1) is 5.83. The maximum absolute atomic E-state index is 8.76. The van der Waals surface area contributed by atoms with Gasteiger partial charge in [0, 0.05) is 13.2 Å². The lowest BCUT2D eigenvalue weighted by atomic mass is 10.1. The zero-order valence-electron chi connectivity index (χ0n) is 7.35. The number of hydrogen-bond acceptors (Lipinski definition) is 3. The van der Waals surface area contributed by atoms with E-state index >= 15 is 0 Å². The first kappa shape index (κ1) is 9.19. The van der Waals surface area contributed by atoms with E-state index < -0.39 is 0 Å². The van der Waals surface area contributed by atoms with Crippen molar-refractivity contribution < 1.29 is 5.11 Å². The predicted molar refractivity (Wildman–Crippen MR) is 45.5 cm³/mol. The number of nitrogens with zero attached hydrogens (tertiary/aromatic N) is 3. The van der Waals surface area contributed by atoms with Crippen molar-refractivity contribution in [3.8, 4) is 0 Å². The highest BCUT2D eigenvalue weighted by Crippen LogP contribution is 2.04. The van der Waals surface area contributed by atoms with Gasteiger partial charge in [-0.05, 0) is 18.8 Å². The van der Waals surface area contributed by atoms with Gasteiger partial charge in [-0.1, -0.05) is 6.92 Å². The average molecular weight is 169 g/mol. The molecule has 1 rings (SSSR count). The predicted octanol–water partition coefficient (Wildman–Crippen LogP) is 0.687. The molecule has 1 heterocycles. The molecule has 1 aromatic heterocycles. The van der Waals surface area contributed by atoms with Crippen LogP contribution in [0.25, 0.3) is 0 Å². The Morgan fingerprint density at radius 3 is 2.67 bits per heavy atom. The van der Waals surface area contributed by atoms with Crippen LogP contribution in [0, 0.1) is 5.92 Å². The highest BCUT2D eigenvalue weighted by molar-refractivity contribution is 4.60. The minimum Gasteiger partial charge on any atom is -0.396 e. The van der Waals surface area contributed by atoms with Gasteiger partial charge in [-0.2, -0.15) is 0 Å². The topological polar surface area (TPSA) is 50.9 Å². The molecule has 0 aliphatic carbocycles. The molecule has 1 N–H and O–H groups in total. The largest absolute Gasteiger partial charge is 0.396 e. The number of aryl methyl sites for hydroxylation is 1. The van der Waals surface area contributed by atoms with Crippen molar-refractivity contribution in [3.63, 3.8) is 0 Å². The van der Waals surface area contributed by atoms with Crippen LogP contribution in [0.3, 0.4) is 0 Å². The molecule has 0 fully saturated rings. The van der Waals surface area contributed by atoms with Crippen LogP contribution in [0.1, 0.15) is 19.8 Å². The summed E-state index contributed by atoms with van der Waals surface area (Å²) in [5.41, 5.74) is 0. The molecule has 1 aromatic rings. The third kappa shape index (κ3) is 3.00. The molecule has 0 aliphatic rings. The van der Waals surface area contributed by atoms with Gasteiger partial charge in [0.25, 0.3) is 0 Å². The number of hydrogen-bond donors (Lipinski definition) is 1. The van der Waals surface area contributed by atoms with Crippen molar-refractivity contribution in [2.24, 2.45) is 5.92 Å². The van der Waals surface area contributed by atoms with Crippen LogP contribution < -0.4 is 0 Å². The lowest BCUT2D eigenvalue weighted by molar-refractivity contribution is 0.226. The monoisotopic (exact) mass is 169 g/mol. The normalized spacial score (nSPS) is 13.2. The summed E-state index contributed by atoms with van der Waals surface area (Å²) in [7, 11) is 0. The Morgan fingerprint density at radius 1 is 1.42 bits per heavy atom. The summed E-state index contributed by atoms with van der Waals surface area (Å²) >= 11 is 0. The van der Waals surface area contributed by atoms with Gasteiger partial charge in [0.1, 0.15) is 12.7 Å². The highest BCUT2D eigenvalue weighted by Gasteiger charge is 1.99. The Kier molecular flexibility index (Phi) is 3.73. The molecule has 0 radical (unpaired) electrons. The van der Waals surface area contributed by atoms with E-state index in [1.807, 2.05) is 11.5 Å². The van der Waals surface area contributed by atoms with Crippen molar-refractivity contribution in [1.29, 1.82) is 0 Å². The molecule has 0 amide bonds. The van der Waals surface area contributed by atoms with Gasteiger partial charge in [0.15, 0.2) is 0 Å². The van der Waals surface area contributed by atoms with Gasteiger partial charge in [0.2, 0.25) is 0 Å². The van der Waals surface area contributed by atoms with Crippen LogP contribution in [0.2, 0.25) is 0 Å². The van der Waals surface area contributed by atoms with E-state index in [4.69, 9.17) is 5.11 Å². The van der Waals surface area contributed by atoms with Crippen LogP contribution >= 0.6 is 0 Å². The van der Waals surface area contributed by atoms with Gasteiger partial charge < -0.3 is 9.67 Å². The van der Waals surface area contributed by atoms with Crippen LogP contribution in [0.15, 0.2) is 12.7 Å². The summed E-state index contributed by atoms with van der Waals surface area (Å²) in [5.74, 6) is 0.404. The van der Waals surface area contributed by atoms with Crippen LogP contribution in [-0.4, -0.2) is 26.5 Å². The van der Waals surface area contributed by atoms with Gasteiger partial charge in [-0.15, -0.1) is 10.2 Å². The molecule has 12 heavy (non-hydrogen) atoms. The van der Waals surface area contributed by atoms with Gasteiger partial charge in [-0.3, -0.25) is 0 Å². The summed E-state index contributed by atoms with van der Waals surface area (Å²) in [6, 6.07) is 0. The first-order valence-corrected chi connectivity index (χ1v) is 4.26. The van der Waals surface area contributed by atoms with E-state index in [-0.39, 0.29) is 6.61 Å². The van der Waals surface area contributed by atoms with Crippen molar-refractivity contribution in [3.05, 3.63) is 12.7 Å². The van der Waals surface area contributed by atoms with Gasteiger partial charge >= 0.3 is 0 Å². The lowest BCUT2D eigenvalue weighted by Crippen LogP contribution is -2.03. The van der Waals surface area contributed by atoms with Gasteiger partial charge in [0.05, 0.1) is 0 Å². The first-order valence-electron chi connectivity index (χ1n) is 4.26. The van der Waals surface area contributed by atoms with Crippen LogP contribution in [0.4, 0.5) is 0 Å². The molecule has 4 heteroatoms. The second kappa shape index (κ2) is 4.87. The second-order valence-corrected chi connectivity index (χ2v) is 3.13. The molecule has 1 atom stereocenters. The number of aromatic nitrogens is 3. The molecule has 0 spiro atoms. The highest BCUT2D eigenvalue weighted by atomic mass is 16.3. The zero-order chi connectivity index (χ0) is 8.81. The molecule has 68 valence electrons. The molecule has 1 unspecified atom stereocenters. The van der Waals surface area contributed by atoms with Crippen molar-refractivity contribution in [2.75, 3.05) is 6.61 Å². The third-order valence-corrected chi connectivity index (χ3v) is 1.89. The molecular formula is C8H15N3O. The quantitative estimate of drug-likeness (QED) is 0.705. The fourth-order valence-corrected chi connectivity index (χ4v) is 1.05. The molecule has 0 aliphatic heterocycles. The lowest BCUT2D eigenvalue weighted by Gasteiger charge is -2.06. The van der Waals surface area contributed by atoms with E-state index in [1.165, 1.54) is 0 Å². The van der Waals surface area contributed by atoms with Crippen molar-refractivity contribution in [2.45, 2.75) is 26.3 Å². The summed E-state index contributed by atoms with van der Waals surface area (Å²) in [6.07, 6.45) is 5.54. The fraction of sp³-hybridized carbons (Fsp3) is 0.750. The Hall–Kier alpha value is -0.900. The second-order valence-electron chi connectivity index (χ2n) is 3.13. The van der Waals surface area contributed by atoms with Crippen LogP contribution in [0.5, 0.6) is 0 Å². The Balaban J connectivity index is 2.11. The fourth-order valence-electron chi connectivity index (χ4n) is 1.05. The summed E-state index contributed by atoms with van der Waals surface area (Å²) in [5, 5.41) is 16.2. The molecule has 0 saturated carbocycles. The Bertz CT molecular complexity index is 198. The summed E-state index contributed by atoms with van der Waals surface area (Å²) < 4.78 is 1.95. The summed E-state index contributed by atoms with van der Waals surface area (Å²) in [4.78, 5) is 0. The van der Waals surface area contributed by atoms with E-state index in [1.54, 1.807) is 12.7 Å². The van der Waals surface area contributed by atoms with Crippen LogP contribution in [-0.2, 0) is 6.54 Å². The van der Waals surface area contributed by atoms with E-state index in [0.29, 0.717) is 5.92 Å². The molecular weight excluding hydrogens is 154 g/mol. The summed E-state index contributed by atoms with van der Waals surface area (Å²) in [6.45, 7) is 3.27. The van der Waals surface area contributed by atoms with Gasteiger partial charge in [-0.25, -0.2) is 0 Å². The minimum absolute atomic E-state index is 0.280. The Labute approximate surface area is 72.2 Å². The molecule has 4 nitrogen and oxygen atoms in total. The zero-order valence-corrected chi connectivity index (χ0v) is 7.35. The SMILES string of the molecule is CC(CO)CCCn1cnnc1. The van der Waals surface area contributed by atoms with E-state index in [9.17, 15) is 0 Å². The molecule has 0 aromatic carbocycles. The smallest absolute Gasteiger partial charge is 0.119 e. The third-order valence-electron chi connectivity index (χ3n) is 1.89. The number of aliphatic hydroxyl groups is 1. The maximum atomic E-state index is 8.76. The standard InChI is InChI=1S/C8H15N3O/c1-8(5-12)3-2-4-11-6-9-10-7-11/h6-8,12H,2-5H2,1H3.